The number of benzene rings is 1. The number of aryl methyl sites for hydroxylation is 1. The van der Waals surface area contributed by atoms with Gasteiger partial charge in [0.1, 0.15) is 11.5 Å². The fraction of sp³-hybridized carbons (Fsp3) is 0.467. The minimum Gasteiger partial charge on any atom is -0.497 e. The minimum atomic E-state index is 0.0366. The van der Waals surface area contributed by atoms with Gasteiger partial charge < -0.3 is 19.7 Å². The van der Waals surface area contributed by atoms with E-state index < -0.39 is 0 Å². The highest BCUT2D eigenvalue weighted by atomic mass is 16.5. The van der Waals surface area contributed by atoms with Crippen LogP contribution in [0.4, 0.5) is 0 Å². The molecule has 1 atom stereocenters. The Bertz CT molecular complexity index is 581. The van der Waals surface area contributed by atoms with E-state index in [1.807, 2.05) is 32.0 Å². The first-order valence-electron chi connectivity index (χ1n) is 6.99. The number of nitrogens with two attached hydrogens (primary N) is 1. The highest BCUT2D eigenvalue weighted by Gasteiger charge is 2.11. The van der Waals surface area contributed by atoms with Crippen molar-refractivity contribution >= 4 is 0 Å². The summed E-state index contributed by atoms with van der Waals surface area (Å²) >= 11 is 0. The quantitative estimate of drug-likeness (QED) is 0.841. The van der Waals surface area contributed by atoms with Crippen LogP contribution in [-0.2, 0) is 19.4 Å². The Hall–Kier alpha value is -2.08. The van der Waals surface area contributed by atoms with Gasteiger partial charge in [0.25, 0.3) is 5.89 Å². The summed E-state index contributed by atoms with van der Waals surface area (Å²) in [6, 6.07) is 5.69. The Morgan fingerprint density at radius 2 is 2.19 bits per heavy atom. The van der Waals surface area contributed by atoms with Gasteiger partial charge in [-0.25, -0.2) is 0 Å². The molecule has 2 rings (SSSR count). The number of hydrogen-bond acceptors (Lipinski definition) is 6. The molecule has 0 aliphatic carbocycles. The smallest absolute Gasteiger partial charge is 0.264 e. The highest BCUT2D eigenvalue weighted by molar-refractivity contribution is 5.40. The fourth-order valence-corrected chi connectivity index (χ4v) is 1.96. The third kappa shape index (κ3) is 4.19. The van der Waals surface area contributed by atoms with Crippen LogP contribution in [0.15, 0.2) is 22.7 Å². The van der Waals surface area contributed by atoms with Crippen LogP contribution in [0.1, 0.15) is 31.1 Å². The molecule has 0 saturated carbocycles. The van der Waals surface area contributed by atoms with E-state index in [1.54, 1.807) is 7.11 Å². The van der Waals surface area contributed by atoms with Crippen LogP contribution in [0.5, 0.6) is 11.5 Å². The van der Waals surface area contributed by atoms with Gasteiger partial charge in [-0.1, -0.05) is 12.1 Å². The molecule has 2 aromatic rings. The van der Waals surface area contributed by atoms with E-state index in [2.05, 4.69) is 10.1 Å². The van der Waals surface area contributed by atoms with E-state index in [0.29, 0.717) is 18.1 Å². The molecule has 0 radical (unpaired) electrons. The first-order valence-corrected chi connectivity index (χ1v) is 6.99. The molecule has 0 amide bonds. The van der Waals surface area contributed by atoms with Crippen LogP contribution >= 0.6 is 0 Å². The maximum atomic E-state index is 5.88. The molecular weight excluding hydrogens is 270 g/mol. The molecular formula is C15H21N3O3. The lowest BCUT2D eigenvalue weighted by Crippen LogP contribution is -2.18. The molecule has 1 heterocycles. The average molecular weight is 291 g/mol. The van der Waals surface area contributed by atoms with E-state index in [0.717, 1.165) is 23.5 Å². The van der Waals surface area contributed by atoms with Crippen LogP contribution in [0.3, 0.4) is 0 Å². The molecule has 0 bridgehead atoms. The summed E-state index contributed by atoms with van der Waals surface area (Å²) in [5, 5.41) is 3.84. The summed E-state index contributed by atoms with van der Waals surface area (Å²) in [7, 11) is 1.64. The van der Waals surface area contributed by atoms with Gasteiger partial charge >= 0.3 is 0 Å². The van der Waals surface area contributed by atoms with E-state index in [9.17, 15) is 0 Å². The van der Waals surface area contributed by atoms with Crippen LogP contribution in [0, 0.1) is 0 Å². The lowest BCUT2D eigenvalue weighted by molar-refractivity contribution is 0.240. The summed E-state index contributed by atoms with van der Waals surface area (Å²) in [5.41, 5.74) is 6.88. The number of ether oxygens (including phenoxy) is 2. The Labute approximate surface area is 124 Å². The number of rotatable bonds is 7. The first-order chi connectivity index (χ1) is 10.1. The Morgan fingerprint density at radius 1 is 1.38 bits per heavy atom. The monoisotopic (exact) mass is 291 g/mol. The Balaban J connectivity index is 2.10. The lowest BCUT2D eigenvalue weighted by Gasteiger charge is -2.13. The van der Waals surface area contributed by atoms with Gasteiger partial charge in [0.15, 0.2) is 12.4 Å². The molecule has 6 heteroatoms. The topological polar surface area (TPSA) is 83.4 Å². The van der Waals surface area contributed by atoms with Gasteiger partial charge in [-0.05, 0) is 37.1 Å². The minimum absolute atomic E-state index is 0.0366. The predicted octanol–water partition coefficient (Wildman–Crippen LogP) is 2.11. The van der Waals surface area contributed by atoms with Crippen molar-refractivity contribution in [2.45, 2.75) is 39.3 Å². The molecule has 6 nitrogen and oxygen atoms in total. The van der Waals surface area contributed by atoms with Crippen LogP contribution in [0.2, 0.25) is 0 Å². The Morgan fingerprint density at radius 3 is 2.81 bits per heavy atom. The molecule has 114 valence electrons. The molecule has 0 fully saturated rings. The highest BCUT2D eigenvalue weighted by Crippen LogP contribution is 2.26. The summed E-state index contributed by atoms with van der Waals surface area (Å²) < 4.78 is 16.1. The van der Waals surface area contributed by atoms with E-state index in [1.165, 1.54) is 0 Å². The lowest BCUT2D eigenvalue weighted by atomic mass is 10.1. The largest absolute Gasteiger partial charge is 0.497 e. The van der Waals surface area contributed by atoms with Crippen molar-refractivity contribution in [2.75, 3.05) is 7.11 Å². The second-order valence-electron chi connectivity index (χ2n) is 4.90. The molecule has 0 aliphatic heterocycles. The average Bonchev–Trinajstić information content (AvgIpc) is 2.93. The van der Waals surface area contributed by atoms with Crippen molar-refractivity contribution in [3.63, 3.8) is 0 Å². The summed E-state index contributed by atoms with van der Waals surface area (Å²) in [5.74, 6) is 2.68. The van der Waals surface area contributed by atoms with Gasteiger partial charge in [-0.3, -0.25) is 0 Å². The van der Waals surface area contributed by atoms with Gasteiger partial charge in [-0.2, -0.15) is 4.98 Å². The standard InChI is InChI=1S/C15H21N3O3/c1-4-14-17-15(21-18-14)9-20-13-6-5-12(19-3)8-11(13)7-10(2)16/h5-6,8,10H,4,7,9,16H2,1-3H3. The number of methoxy groups -OCH3 is 1. The third-order valence-corrected chi connectivity index (χ3v) is 2.99. The van der Waals surface area contributed by atoms with Crippen molar-refractivity contribution in [1.29, 1.82) is 0 Å². The van der Waals surface area contributed by atoms with Crippen molar-refractivity contribution in [2.24, 2.45) is 5.73 Å². The molecule has 2 N–H and O–H groups in total. The zero-order chi connectivity index (χ0) is 15.2. The van der Waals surface area contributed by atoms with Crippen LogP contribution < -0.4 is 15.2 Å². The number of aromatic nitrogens is 2. The Kier molecular flexibility index (Phi) is 5.16. The van der Waals surface area contributed by atoms with Crippen molar-refractivity contribution in [1.82, 2.24) is 10.1 Å². The van der Waals surface area contributed by atoms with E-state index >= 15 is 0 Å². The maximum absolute atomic E-state index is 5.88. The van der Waals surface area contributed by atoms with E-state index in [4.69, 9.17) is 19.7 Å². The van der Waals surface area contributed by atoms with Crippen molar-refractivity contribution in [3.8, 4) is 11.5 Å². The zero-order valence-corrected chi connectivity index (χ0v) is 12.6. The van der Waals surface area contributed by atoms with Crippen LogP contribution in [-0.4, -0.2) is 23.3 Å². The number of nitrogens with zero attached hydrogens (tertiary/aromatic N) is 2. The summed E-state index contributed by atoms with van der Waals surface area (Å²) in [6.07, 6.45) is 1.44. The molecule has 1 aromatic carbocycles. The maximum Gasteiger partial charge on any atom is 0.264 e. The molecule has 1 unspecified atom stereocenters. The van der Waals surface area contributed by atoms with Crippen molar-refractivity contribution in [3.05, 3.63) is 35.5 Å². The molecule has 0 spiro atoms. The second kappa shape index (κ2) is 7.08. The fourth-order valence-electron chi connectivity index (χ4n) is 1.96. The second-order valence-corrected chi connectivity index (χ2v) is 4.90. The molecule has 21 heavy (non-hydrogen) atoms. The molecule has 1 aromatic heterocycles. The normalized spacial score (nSPS) is 12.2. The third-order valence-electron chi connectivity index (χ3n) is 2.99. The molecule has 0 saturated heterocycles. The molecule has 0 aliphatic rings. The van der Waals surface area contributed by atoms with Crippen LogP contribution in [0.25, 0.3) is 0 Å². The summed E-state index contributed by atoms with van der Waals surface area (Å²) in [4.78, 5) is 4.22. The van der Waals surface area contributed by atoms with Gasteiger partial charge in [0.2, 0.25) is 0 Å². The van der Waals surface area contributed by atoms with Gasteiger partial charge in [0.05, 0.1) is 7.11 Å². The van der Waals surface area contributed by atoms with Gasteiger partial charge in [-0.15, -0.1) is 0 Å². The SMILES string of the molecule is CCc1noc(COc2ccc(OC)cc2CC(C)N)n1. The summed E-state index contributed by atoms with van der Waals surface area (Å²) in [6.45, 7) is 4.17. The first kappa shape index (κ1) is 15.3. The zero-order valence-electron chi connectivity index (χ0n) is 12.6. The van der Waals surface area contributed by atoms with E-state index in [-0.39, 0.29) is 12.6 Å². The predicted molar refractivity (Wildman–Crippen MR) is 78.4 cm³/mol. The van der Waals surface area contributed by atoms with Gasteiger partial charge in [0, 0.05) is 12.5 Å². The van der Waals surface area contributed by atoms with Crippen molar-refractivity contribution < 1.29 is 14.0 Å². The number of hydrogen-bond donors (Lipinski definition) is 1.